The van der Waals surface area contributed by atoms with E-state index in [4.69, 9.17) is 4.74 Å². The Hall–Kier alpha value is -2.83. The van der Waals surface area contributed by atoms with Gasteiger partial charge >= 0.3 is 6.18 Å². The Balaban J connectivity index is 1.93. The number of hydrogen-bond donors (Lipinski definition) is 0. The van der Waals surface area contributed by atoms with Crippen LogP contribution in [0.4, 0.5) is 17.6 Å². The van der Waals surface area contributed by atoms with E-state index < -0.39 is 17.8 Å². The molecule has 1 heterocycles. The minimum atomic E-state index is -4.95. The molecule has 0 N–H and O–H groups in total. The number of halogens is 4. The molecule has 0 atom stereocenters. The van der Waals surface area contributed by atoms with Crippen molar-refractivity contribution in [3.8, 4) is 5.75 Å². The first-order valence-corrected chi connectivity index (χ1v) is 7.87. The lowest BCUT2D eigenvalue weighted by Crippen LogP contribution is -2.23. The number of nitrogens with zero attached hydrogens (tertiary/aromatic N) is 1. The zero-order valence-electron chi connectivity index (χ0n) is 13.8. The number of fused-ring (bicyclic) bond motifs is 1. The molecule has 0 radical (unpaired) electrons. The third-order valence-corrected chi connectivity index (χ3v) is 4.12. The highest BCUT2D eigenvalue weighted by molar-refractivity contribution is 6.12. The van der Waals surface area contributed by atoms with Gasteiger partial charge in [0.2, 0.25) is 0 Å². The first kappa shape index (κ1) is 18.0. The van der Waals surface area contributed by atoms with Crippen LogP contribution in [0.5, 0.6) is 5.75 Å². The van der Waals surface area contributed by atoms with Crippen LogP contribution in [0.1, 0.15) is 16.1 Å². The summed E-state index contributed by atoms with van der Waals surface area (Å²) >= 11 is 0. The average molecular weight is 365 g/mol. The lowest BCUT2D eigenvalue weighted by atomic mass is 10.1. The fourth-order valence-corrected chi connectivity index (χ4v) is 2.96. The zero-order valence-corrected chi connectivity index (χ0v) is 13.8. The van der Waals surface area contributed by atoms with Gasteiger partial charge in [-0.25, -0.2) is 4.39 Å². The molecule has 0 aliphatic rings. The molecule has 26 heavy (non-hydrogen) atoms. The Labute approximate surface area is 146 Å². The van der Waals surface area contributed by atoms with Gasteiger partial charge in [0.1, 0.15) is 6.61 Å². The number of carbonyl (C=O) groups is 1. The summed E-state index contributed by atoms with van der Waals surface area (Å²) in [7, 11) is 0. The van der Waals surface area contributed by atoms with E-state index in [2.05, 4.69) is 0 Å². The predicted octanol–water partition coefficient (Wildman–Crippen LogP) is 4.91. The number of aromatic nitrogens is 1. The van der Waals surface area contributed by atoms with E-state index in [0.29, 0.717) is 5.52 Å². The molecule has 0 aliphatic carbocycles. The summed E-state index contributed by atoms with van der Waals surface area (Å²) in [6.45, 7) is 1.67. The van der Waals surface area contributed by atoms with Crippen LogP contribution in [0.3, 0.4) is 0 Å². The second-order valence-electron chi connectivity index (χ2n) is 5.73. The summed E-state index contributed by atoms with van der Waals surface area (Å²) in [6, 6.07) is 12.2. The number of carbonyl (C=O) groups excluding carboxylic acids is 1. The molecule has 0 spiro atoms. The molecular formula is C19H15F4NO2. The lowest BCUT2D eigenvalue weighted by molar-refractivity contribution is -0.0884. The number of ether oxygens (including phenoxy) is 1. The molecule has 1 aromatic heterocycles. The third-order valence-electron chi connectivity index (χ3n) is 4.12. The van der Waals surface area contributed by atoms with Crippen LogP contribution in [-0.4, -0.2) is 23.1 Å². The molecule has 2 aromatic carbocycles. The van der Waals surface area contributed by atoms with E-state index in [1.54, 1.807) is 28.8 Å². The van der Waals surface area contributed by atoms with Gasteiger partial charge < -0.3 is 9.30 Å². The number of para-hydroxylation sites is 2. The van der Waals surface area contributed by atoms with Gasteiger partial charge in [0.05, 0.1) is 12.1 Å². The topological polar surface area (TPSA) is 31.2 Å². The van der Waals surface area contributed by atoms with Gasteiger partial charge in [0.25, 0.3) is 5.78 Å². The lowest BCUT2D eigenvalue weighted by Gasteiger charge is -2.11. The molecule has 0 saturated carbocycles. The van der Waals surface area contributed by atoms with Crippen molar-refractivity contribution in [1.82, 2.24) is 4.57 Å². The van der Waals surface area contributed by atoms with Crippen molar-refractivity contribution >= 4 is 16.7 Å². The molecule has 0 unspecified atom stereocenters. The van der Waals surface area contributed by atoms with Crippen molar-refractivity contribution in [2.75, 3.05) is 6.61 Å². The van der Waals surface area contributed by atoms with Crippen LogP contribution >= 0.6 is 0 Å². The first-order valence-electron chi connectivity index (χ1n) is 7.87. The quantitative estimate of drug-likeness (QED) is 0.475. The number of ketones is 1. The van der Waals surface area contributed by atoms with Crippen LogP contribution in [0, 0.1) is 12.7 Å². The molecular weight excluding hydrogens is 350 g/mol. The van der Waals surface area contributed by atoms with Gasteiger partial charge in [0, 0.05) is 16.6 Å². The highest BCUT2D eigenvalue weighted by atomic mass is 19.4. The Kier molecular flexibility index (Phi) is 4.71. The SMILES string of the molecule is Cc1c(C(=O)C(F)(F)F)c2ccccc2n1CCOc1ccccc1F. The summed E-state index contributed by atoms with van der Waals surface area (Å²) in [5.74, 6) is -2.33. The van der Waals surface area contributed by atoms with Gasteiger partial charge in [0.15, 0.2) is 11.6 Å². The Morgan fingerprint density at radius 3 is 2.42 bits per heavy atom. The summed E-state index contributed by atoms with van der Waals surface area (Å²) in [6.07, 6.45) is -4.95. The van der Waals surface area contributed by atoms with Gasteiger partial charge in [-0.3, -0.25) is 4.79 Å². The Bertz CT molecular complexity index is 960. The molecule has 3 rings (SSSR count). The van der Waals surface area contributed by atoms with Crippen molar-refractivity contribution in [1.29, 1.82) is 0 Å². The average Bonchev–Trinajstić information content (AvgIpc) is 2.87. The molecule has 7 heteroatoms. The van der Waals surface area contributed by atoms with E-state index in [1.165, 1.54) is 31.2 Å². The standard InChI is InChI=1S/C19H15F4NO2/c1-12-17(18(25)19(21,22)23)13-6-2-4-8-15(13)24(12)10-11-26-16-9-5-3-7-14(16)20/h2-9H,10-11H2,1H3. The molecule has 0 aliphatic heterocycles. The maximum absolute atomic E-state index is 13.6. The van der Waals surface area contributed by atoms with E-state index in [9.17, 15) is 22.4 Å². The van der Waals surface area contributed by atoms with Crippen LogP contribution in [-0.2, 0) is 6.54 Å². The number of alkyl halides is 3. The molecule has 0 fully saturated rings. The highest BCUT2D eigenvalue weighted by Gasteiger charge is 2.42. The molecule has 0 saturated heterocycles. The van der Waals surface area contributed by atoms with Crippen LogP contribution < -0.4 is 4.74 Å². The molecule has 3 nitrogen and oxygen atoms in total. The first-order chi connectivity index (χ1) is 12.3. The number of benzene rings is 2. The van der Waals surface area contributed by atoms with Gasteiger partial charge in [-0.05, 0) is 25.1 Å². The summed E-state index contributed by atoms with van der Waals surface area (Å²) in [4.78, 5) is 11.8. The monoisotopic (exact) mass is 365 g/mol. The molecule has 0 bridgehead atoms. The van der Waals surface area contributed by atoms with Crippen molar-refractivity contribution in [2.24, 2.45) is 0 Å². The second kappa shape index (κ2) is 6.82. The van der Waals surface area contributed by atoms with Crippen LogP contribution in [0.25, 0.3) is 10.9 Å². The second-order valence-corrected chi connectivity index (χ2v) is 5.73. The molecule has 136 valence electrons. The molecule has 0 amide bonds. The minimum absolute atomic E-state index is 0.0418. The number of Topliss-reactive ketones (excluding diaryl/α,β-unsaturated/α-hetero) is 1. The van der Waals surface area contributed by atoms with Crippen molar-refractivity contribution in [2.45, 2.75) is 19.6 Å². The smallest absolute Gasteiger partial charge is 0.454 e. The van der Waals surface area contributed by atoms with E-state index in [0.717, 1.165) is 0 Å². The third kappa shape index (κ3) is 3.29. The normalized spacial score (nSPS) is 11.7. The summed E-state index contributed by atoms with van der Waals surface area (Å²) < 4.78 is 59.4. The van der Waals surface area contributed by atoms with Crippen LogP contribution in [0.15, 0.2) is 48.5 Å². The minimum Gasteiger partial charge on any atom is -0.489 e. The predicted molar refractivity (Wildman–Crippen MR) is 89.0 cm³/mol. The largest absolute Gasteiger partial charge is 0.489 e. The van der Waals surface area contributed by atoms with Crippen LogP contribution in [0.2, 0.25) is 0 Å². The van der Waals surface area contributed by atoms with Crippen molar-refractivity contribution < 1.29 is 27.1 Å². The Morgan fingerprint density at radius 1 is 1.08 bits per heavy atom. The zero-order chi connectivity index (χ0) is 18.9. The van der Waals surface area contributed by atoms with Crippen molar-refractivity contribution in [3.05, 3.63) is 65.6 Å². The molecule has 3 aromatic rings. The maximum Gasteiger partial charge on any atom is 0.454 e. The van der Waals surface area contributed by atoms with E-state index >= 15 is 0 Å². The number of hydrogen-bond acceptors (Lipinski definition) is 2. The summed E-state index contributed by atoms with van der Waals surface area (Å²) in [5.41, 5.74) is 0.333. The fraction of sp³-hybridized carbons (Fsp3) is 0.211. The van der Waals surface area contributed by atoms with Gasteiger partial charge in [-0.15, -0.1) is 0 Å². The summed E-state index contributed by atoms with van der Waals surface area (Å²) in [5, 5.41) is 0.234. The number of rotatable bonds is 5. The maximum atomic E-state index is 13.6. The van der Waals surface area contributed by atoms with Crippen molar-refractivity contribution in [3.63, 3.8) is 0 Å². The Morgan fingerprint density at radius 2 is 1.73 bits per heavy atom. The van der Waals surface area contributed by atoms with E-state index in [1.807, 2.05) is 0 Å². The van der Waals surface area contributed by atoms with E-state index in [-0.39, 0.29) is 35.5 Å². The highest BCUT2D eigenvalue weighted by Crippen LogP contribution is 2.31. The fourth-order valence-electron chi connectivity index (χ4n) is 2.96. The van der Waals surface area contributed by atoms with Gasteiger partial charge in [-0.2, -0.15) is 13.2 Å². The van der Waals surface area contributed by atoms with Gasteiger partial charge in [-0.1, -0.05) is 30.3 Å².